The maximum Gasteiger partial charge on any atom is 0.407 e. The molecule has 0 unspecified atom stereocenters. The first kappa shape index (κ1) is 39.9. The van der Waals surface area contributed by atoms with Crippen molar-refractivity contribution in [3.05, 3.63) is 82.0 Å². The first-order valence-corrected chi connectivity index (χ1v) is 18.9. The monoisotopic (exact) mass is 767 g/mol. The Morgan fingerprint density at radius 3 is 2.20 bits per heavy atom. The molecule has 2 aromatic carbocycles. The normalized spacial score (nSPS) is 16.2. The molecule has 0 radical (unpaired) electrons. The number of hydrogen-bond donors (Lipinski definition) is 1. The van der Waals surface area contributed by atoms with Gasteiger partial charge in [-0.25, -0.2) is 26.6 Å². The van der Waals surface area contributed by atoms with Gasteiger partial charge in [0.25, 0.3) is 16.0 Å². The number of pyridine rings is 1. The molecule has 0 atom stereocenters. The quantitative estimate of drug-likeness (QED) is 0.130. The maximum atomic E-state index is 14.8. The average Bonchev–Trinajstić information content (AvgIpc) is 3.43. The highest BCUT2D eigenvalue weighted by molar-refractivity contribution is 7.85. The predicted molar refractivity (Wildman–Crippen MR) is 188 cm³/mol. The van der Waals surface area contributed by atoms with Gasteiger partial charge in [0.05, 0.1) is 28.5 Å². The number of nitrogens with zero attached hydrogens (tertiary/aromatic N) is 2. The van der Waals surface area contributed by atoms with Gasteiger partial charge in [0.1, 0.15) is 34.9 Å². The molecule has 1 fully saturated rings. The predicted octanol–water partition coefficient (Wildman–Crippen LogP) is 6.05. The van der Waals surface area contributed by atoms with Crippen LogP contribution >= 0.6 is 22.9 Å². The fraction of sp³-hybridized carbons (Fsp3) is 0.400. The lowest BCUT2D eigenvalue weighted by Gasteiger charge is -2.37. The summed E-state index contributed by atoms with van der Waals surface area (Å²) in [6.45, 7) is 5.61. The van der Waals surface area contributed by atoms with E-state index in [4.69, 9.17) is 26.3 Å². The minimum Gasteiger partial charge on any atom is -0.707 e. The summed E-state index contributed by atoms with van der Waals surface area (Å²) in [4.78, 5) is 28.6. The van der Waals surface area contributed by atoms with E-state index in [2.05, 4.69) is 9.65 Å². The van der Waals surface area contributed by atoms with Crippen LogP contribution in [0, 0.1) is 11.6 Å². The number of nitrogens with one attached hydrogen (secondary N) is 1. The topological polar surface area (TPSA) is 138 Å². The number of hydrogen-bond acceptors (Lipinski definition) is 9. The highest BCUT2D eigenvalue weighted by Gasteiger charge is 2.34. The molecule has 2 heterocycles. The minimum absolute atomic E-state index is 0.00499. The number of ether oxygens (including phenoxy) is 2. The molecule has 1 N–H and O–H groups in total. The Bertz CT molecular complexity index is 1980. The molecule has 2 amide bonds. The zero-order chi connectivity index (χ0) is 37.7. The lowest BCUT2D eigenvalue weighted by atomic mass is 9.89. The van der Waals surface area contributed by atoms with Crippen LogP contribution in [0.15, 0.2) is 54.9 Å². The number of carbonyl (C=O) groups is 2. The summed E-state index contributed by atoms with van der Waals surface area (Å²) in [7, 11) is -0.193. The standard InChI is InChI=1S/C34H36ClF2N3O4S.CH4O4S/c1-34(2,3)44-33(42)38-23-7-9-24(10-8-23)40(32(41)31-29(35)28-25(36)11-12-26(37)30(28)45-31)19-22-18-21(6-13-27(22)43-5)20-14-16-39(4)17-15-20;1-6(3,4)5-2/h6,11-18,23-24H,7-10,19H2,1-5H3;2H,1H3. The van der Waals surface area contributed by atoms with Crippen LogP contribution in [0.1, 0.15) is 61.7 Å². The molecule has 51 heavy (non-hydrogen) atoms. The van der Waals surface area contributed by atoms with E-state index in [1.165, 1.54) is 0 Å². The summed E-state index contributed by atoms with van der Waals surface area (Å²) in [6.07, 6.45) is 6.55. The number of rotatable bonds is 8. The third-order valence-electron chi connectivity index (χ3n) is 8.05. The molecule has 0 saturated heterocycles. The van der Waals surface area contributed by atoms with Gasteiger partial charge in [-0.15, -0.1) is 11.3 Å². The van der Waals surface area contributed by atoms with Crippen LogP contribution < -0.4 is 19.9 Å². The van der Waals surface area contributed by atoms with Crippen molar-refractivity contribution in [3.63, 3.8) is 0 Å². The van der Waals surface area contributed by atoms with E-state index in [0.717, 1.165) is 40.2 Å². The molecule has 1 aliphatic rings. The van der Waals surface area contributed by atoms with Crippen molar-refractivity contribution in [2.45, 2.75) is 70.7 Å². The first-order chi connectivity index (χ1) is 23.9. The summed E-state index contributed by atoms with van der Waals surface area (Å²) in [5.41, 5.74) is 2.12. The van der Waals surface area contributed by atoms with Gasteiger partial charge in [0.15, 0.2) is 12.4 Å². The molecule has 276 valence electrons. The highest BCUT2D eigenvalue weighted by atomic mass is 35.5. The molecule has 4 aromatic rings. The molecule has 16 heteroatoms. The molecule has 2 aromatic heterocycles. The lowest BCUT2D eigenvalue weighted by molar-refractivity contribution is -0.671. The molecular weight excluding hydrogens is 728 g/mol. The third-order valence-corrected chi connectivity index (χ3v) is 9.98. The minimum atomic E-state index is -3.72. The highest BCUT2D eigenvalue weighted by Crippen LogP contribution is 2.40. The fourth-order valence-corrected chi connectivity index (χ4v) is 7.20. The molecule has 1 saturated carbocycles. The maximum absolute atomic E-state index is 14.8. The zero-order valence-corrected chi connectivity index (χ0v) is 31.4. The second kappa shape index (κ2) is 16.6. The Morgan fingerprint density at radius 2 is 1.65 bits per heavy atom. The van der Waals surface area contributed by atoms with Crippen LogP contribution in [0.5, 0.6) is 5.75 Å². The van der Waals surface area contributed by atoms with E-state index in [-0.39, 0.29) is 38.6 Å². The molecule has 1 aliphatic carbocycles. The second-order valence-electron chi connectivity index (χ2n) is 13.1. The summed E-state index contributed by atoms with van der Waals surface area (Å²) < 4.78 is 64.1. The van der Waals surface area contributed by atoms with Crippen LogP contribution in [0.25, 0.3) is 21.2 Å². The zero-order valence-electron chi connectivity index (χ0n) is 29.0. The number of benzene rings is 2. The van der Waals surface area contributed by atoms with Gasteiger partial charge in [0.2, 0.25) is 0 Å². The van der Waals surface area contributed by atoms with Crippen molar-refractivity contribution in [2.75, 3.05) is 13.4 Å². The van der Waals surface area contributed by atoms with Gasteiger partial charge < -0.3 is 29.3 Å². The summed E-state index contributed by atoms with van der Waals surface area (Å²) in [5, 5.41) is 11.6. The van der Waals surface area contributed by atoms with E-state index in [0.29, 0.717) is 37.7 Å². The number of thiophene rings is 1. The Morgan fingerprint density at radius 1 is 1.04 bits per heavy atom. The third kappa shape index (κ3) is 10.6. The molecule has 0 aliphatic heterocycles. The van der Waals surface area contributed by atoms with E-state index in [1.54, 1.807) is 12.0 Å². The summed E-state index contributed by atoms with van der Waals surface area (Å²) in [5.74, 6) is -1.12. The van der Waals surface area contributed by atoms with Crippen molar-refractivity contribution >= 4 is 55.1 Å². The van der Waals surface area contributed by atoms with E-state index in [1.807, 2.05) is 75.1 Å². The number of aromatic nitrogens is 1. The van der Waals surface area contributed by atoms with Crippen molar-refractivity contribution in [1.29, 1.82) is 0 Å². The second-order valence-corrected chi connectivity index (χ2v) is 16.1. The van der Waals surface area contributed by atoms with Gasteiger partial charge >= 0.3 is 6.09 Å². The summed E-state index contributed by atoms with van der Waals surface area (Å²) in [6, 6.07) is 11.6. The number of aryl methyl sites for hydroxylation is 1. The van der Waals surface area contributed by atoms with Gasteiger partial charge in [-0.3, -0.25) is 4.79 Å². The molecule has 0 spiro atoms. The SMILES string of the molecule is COc1ccc(-c2cc[n+](C)cc2)cc1CN(C(=O)c1sc2c(F)ccc(F)c2c1Cl)C1CCC(NC(=O)OC(C)(C)C)CC1.CS(=O)(=O)O[O-]. The molecule has 5 rings (SSSR count). The van der Waals surface area contributed by atoms with Crippen molar-refractivity contribution in [1.82, 2.24) is 10.2 Å². The van der Waals surface area contributed by atoms with Crippen LogP contribution in [0.3, 0.4) is 0 Å². The van der Waals surface area contributed by atoms with Crippen LogP contribution in [-0.2, 0) is 32.8 Å². The van der Waals surface area contributed by atoms with Crippen molar-refractivity contribution in [2.24, 2.45) is 7.05 Å². The molecule has 0 bridgehead atoms. The Hall–Kier alpha value is -3.89. The van der Waals surface area contributed by atoms with Gasteiger partial charge in [-0.05, 0) is 81.8 Å². The van der Waals surface area contributed by atoms with Crippen LogP contribution in [-0.4, -0.2) is 56.4 Å². The number of carbonyl (C=O) groups excluding carboxylic acids is 2. The Balaban J connectivity index is 0.000000894. The Labute approximate surface area is 304 Å². The molecular formula is C35H40ClF2N3O8S2. The van der Waals surface area contributed by atoms with Gasteiger partial charge in [-0.2, -0.15) is 0 Å². The smallest absolute Gasteiger partial charge is 0.407 e. The van der Waals surface area contributed by atoms with Gasteiger partial charge in [-0.1, -0.05) is 17.7 Å². The van der Waals surface area contributed by atoms with E-state index < -0.39 is 39.4 Å². The molecule has 11 nitrogen and oxygen atoms in total. The first-order valence-electron chi connectivity index (χ1n) is 15.9. The van der Waals surface area contributed by atoms with Crippen molar-refractivity contribution < 1.29 is 50.4 Å². The Kier molecular flexibility index (Phi) is 13.0. The van der Waals surface area contributed by atoms with Crippen molar-refractivity contribution in [3.8, 4) is 16.9 Å². The van der Waals surface area contributed by atoms with Gasteiger partial charge in [0, 0.05) is 36.3 Å². The van der Waals surface area contributed by atoms with E-state index in [9.17, 15) is 26.8 Å². The lowest BCUT2D eigenvalue weighted by Crippen LogP contribution is -2.46. The van der Waals surface area contributed by atoms with E-state index >= 15 is 0 Å². The van der Waals surface area contributed by atoms with Crippen LogP contribution in [0.2, 0.25) is 5.02 Å². The number of halogens is 3. The van der Waals surface area contributed by atoms with Crippen LogP contribution in [0.4, 0.5) is 13.6 Å². The summed E-state index contributed by atoms with van der Waals surface area (Å²) >= 11 is 7.45. The average molecular weight is 768 g/mol. The number of fused-ring (bicyclic) bond motifs is 1. The number of alkyl carbamates (subject to hydrolysis) is 1. The number of amides is 2. The number of methoxy groups -OCH3 is 1. The largest absolute Gasteiger partial charge is 0.707 e. The fourth-order valence-electron chi connectivity index (χ4n) is 5.70.